The van der Waals surface area contributed by atoms with Crippen molar-refractivity contribution in [3.8, 4) is 28.7 Å². The molecule has 3 N–H and O–H groups in total. The van der Waals surface area contributed by atoms with Crippen molar-refractivity contribution >= 4 is 17.3 Å². The minimum absolute atomic E-state index is 0.0122. The Hall–Kier alpha value is -4.58. The predicted octanol–water partition coefficient (Wildman–Crippen LogP) is 8.80. The second-order valence-corrected chi connectivity index (χ2v) is 10.8. The van der Waals surface area contributed by atoms with Crippen molar-refractivity contribution in [3.63, 3.8) is 0 Å². The van der Waals surface area contributed by atoms with Gasteiger partial charge in [-0.1, -0.05) is 63.8 Å². The van der Waals surface area contributed by atoms with Crippen LogP contribution in [0.5, 0.6) is 28.7 Å². The first-order chi connectivity index (χ1) is 20.4. The van der Waals surface area contributed by atoms with Crippen LogP contribution >= 0.6 is 0 Å². The molecule has 0 atom stereocenters. The van der Waals surface area contributed by atoms with Crippen LogP contribution in [0.15, 0.2) is 72.8 Å². The second kappa shape index (κ2) is 12.9. The number of phenolic OH excluding ortho intramolecular Hbond substituents is 1. The Morgan fingerprint density at radius 2 is 1.14 bits per heavy atom. The second-order valence-electron chi connectivity index (χ2n) is 10.8. The van der Waals surface area contributed by atoms with Crippen molar-refractivity contribution in [2.45, 2.75) is 65.2 Å². The Morgan fingerprint density at radius 3 is 1.71 bits per heavy atom. The maximum absolute atomic E-state index is 13.6. The van der Waals surface area contributed by atoms with E-state index in [9.17, 15) is 14.7 Å². The van der Waals surface area contributed by atoms with E-state index in [0.29, 0.717) is 17.2 Å². The van der Waals surface area contributed by atoms with Gasteiger partial charge >= 0.3 is 0 Å². The Bertz CT molecular complexity index is 1590. The number of rotatable bonds is 12. The standard InChI is InChI=1S/C36H37NO5/c1-3-5-7-9-23-11-15-25(16-12-23)41-27-19-20-28-29(21-27)36(40)32-30(38)22-31(34(37)33(32)35(28)39)42-26-17-13-24(14-18-26)10-8-6-4-2/h11-22,38H,3-10,37H2,1-2H3. The summed E-state index contributed by atoms with van der Waals surface area (Å²) in [4.78, 5) is 27.1. The van der Waals surface area contributed by atoms with Crippen LogP contribution < -0.4 is 15.2 Å². The quantitative estimate of drug-likeness (QED) is 0.0894. The highest BCUT2D eigenvalue weighted by Crippen LogP contribution is 2.43. The van der Waals surface area contributed by atoms with E-state index in [1.165, 1.54) is 42.5 Å². The van der Waals surface area contributed by atoms with Gasteiger partial charge < -0.3 is 20.3 Å². The van der Waals surface area contributed by atoms with Crippen LogP contribution in [0.3, 0.4) is 0 Å². The third-order valence-corrected chi connectivity index (χ3v) is 7.69. The molecule has 0 aliphatic heterocycles. The lowest BCUT2D eigenvalue weighted by atomic mass is 9.82. The highest BCUT2D eigenvalue weighted by atomic mass is 16.5. The first kappa shape index (κ1) is 28.9. The maximum atomic E-state index is 13.6. The summed E-state index contributed by atoms with van der Waals surface area (Å²) in [5.41, 5.74) is 9.03. The van der Waals surface area contributed by atoms with Crippen molar-refractivity contribution in [1.29, 1.82) is 0 Å². The summed E-state index contributed by atoms with van der Waals surface area (Å²) >= 11 is 0. The number of unbranched alkanes of at least 4 members (excludes halogenated alkanes) is 4. The topological polar surface area (TPSA) is 98.8 Å². The van der Waals surface area contributed by atoms with Gasteiger partial charge in [-0.15, -0.1) is 0 Å². The summed E-state index contributed by atoms with van der Waals surface area (Å²) in [6.45, 7) is 4.36. The van der Waals surface area contributed by atoms with Gasteiger partial charge in [0.2, 0.25) is 0 Å². The molecule has 0 saturated heterocycles. The summed E-state index contributed by atoms with van der Waals surface area (Å²) in [6.07, 6.45) is 9.01. The van der Waals surface area contributed by atoms with E-state index in [0.717, 1.165) is 32.1 Å². The van der Waals surface area contributed by atoms with Crippen LogP contribution in [0.4, 0.5) is 5.69 Å². The van der Waals surface area contributed by atoms with Gasteiger partial charge in [0, 0.05) is 17.2 Å². The number of benzene rings is 4. The zero-order valence-electron chi connectivity index (χ0n) is 24.2. The smallest absolute Gasteiger partial charge is 0.198 e. The molecule has 0 radical (unpaired) electrons. The third-order valence-electron chi connectivity index (χ3n) is 7.69. The third kappa shape index (κ3) is 6.18. The highest BCUT2D eigenvalue weighted by Gasteiger charge is 2.36. The number of aryl methyl sites for hydroxylation is 2. The van der Waals surface area contributed by atoms with Gasteiger partial charge in [-0.25, -0.2) is 0 Å². The molecular formula is C36H37NO5. The number of hydrogen-bond donors (Lipinski definition) is 2. The van der Waals surface area contributed by atoms with E-state index in [4.69, 9.17) is 15.2 Å². The molecule has 1 aliphatic rings. The minimum atomic E-state index is -0.497. The van der Waals surface area contributed by atoms with Crippen LogP contribution in [0.2, 0.25) is 0 Å². The fourth-order valence-electron chi connectivity index (χ4n) is 5.32. The lowest BCUT2D eigenvalue weighted by Gasteiger charge is -2.22. The zero-order chi connectivity index (χ0) is 29.6. The summed E-state index contributed by atoms with van der Waals surface area (Å²) in [6, 6.07) is 21.6. The molecule has 0 bridgehead atoms. The molecule has 0 amide bonds. The molecule has 0 fully saturated rings. The van der Waals surface area contributed by atoms with Crippen molar-refractivity contribution in [3.05, 3.63) is 106 Å². The monoisotopic (exact) mass is 563 g/mol. The highest BCUT2D eigenvalue weighted by molar-refractivity contribution is 6.31. The first-order valence-corrected chi connectivity index (χ1v) is 14.8. The van der Waals surface area contributed by atoms with Crippen LogP contribution in [0, 0.1) is 0 Å². The van der Waals surface area contributed by atoms with E-state index in [1.807, 2.05) is 48.5 Å². The van der Waals surface area contributed by atoms with E-state index >= 15 is 0 Å². The Labute approximate surface area is 247 Å². The number of hydrogen-bond acceptors (Lipinski definition) is 6. The number of ether oxygens (including phenoxy) is 2. The molecule has 0 saturated carbocycles. The van der Waals surface area contributed by atoms with Gasteiger partial charge in [0.1, 0.15) is 23.0 Å². The SMILES string of the molecule is CCCCCc1ccc(Oc2ccc3c(c2)C(=O)c2c(O)cc(Oc4ccc(CCCCC)cc4)c(N)c2C3=O)cc1. The molecule has 0 unspecified atom stereocenters. The molecular weight excluding hydrogens is 526 g/mol. The van der Waals surface area contributed by atoms with Crippen LogP contribution in [-0.2, 0) is 12.8 Å². The predicted molar refractivity (Wildman–Crippen MR) is 165 cm³/mol. The molecule has 4 aromatic rings. The number of phenols is 1. The average Bonchev–Trinajstić information content (AvgIpc) is 2.99. The number of carbonyl (C=O) groups excluding carboxylic acids is 2. The maximum Gasteiger partial charge on any atom is 0.198 e. The lowest BCUT2D eigenvalue weighted by Crippen LogP contribution is -2.23. The average molecular weight is 564 g/mol. The number of carbonyl (C=O) groups is 2. The molecule has 0 spiro atoms. The van der Waals surface area contributed by atoms with E-state index in [-0.39, 0.29) is 39.4 Å². The molecule has 0 heterocycles. The Balaban J connectivity index is 1.35. The molecule has 42 heavy (non-hydrogen) atoms. The summed E-state index contributed by atoms with van der Waals surface area (Å²) in [7, 11) is 0. The zero-order valence-corrected chi connectivity index (χ0v) is 24.2. The molecule has 0 aromatic heterocycles. The van der Waals surface area contributed by atoms with Crippen LogP contribution in [0.1, 0.15) is 95.3 Å². The largest absolute Gasteiger partial charge is 0.507 e. The summed E-state index contributed by atoms with van der Waals surface area (Å²) in [5, 5.41) is 10.9. The van der Waals surface area contributed by atoms with Crippen molar-refractivity contribution < 1.29 is 24.2 Å². The van der Waals surface area contributed by atoms with Gasteiger partial charge in [0.25, 0.3) is 0 Å². The van der Waals surface area contributed by atoms with Crippen LogP contribution in [0.25, 0.3) is 0 Å². The van der Waals surface area contributed by atoms with Gasteiger partial charge in [0.05, 0.1) is 16.8 Å². The molecule has 216 valence electrons. The van der Waals surface area contributed by atoms with Crippen LogP contribution in [-0.4, -0.2) is 16.7 Å². The van der Waals surface area contributed by atoms with E-state index in [2.05, 4.69) is 13.8 Å². The molecule has 5 rings (SSSR count). The summed E-state index contributed by atoms with van der Waals surface area (Å²) in [5.74, 6) is 0.378. The minimum Gasteiger partial charge on any atom is -0.507 e. The number of nitrogen functional groups attached to an aromatic ring is 1. The normalized spacial score (nSPS) is 12.1. The van der Waals surface area contributed by atoms with E-state index in [1.54, 1.807) is 12.1 Å². The fourth-order valence-corrected chi connectivity index (χ4v) is 5.32. The number of aromatic hydroxyl groups is 1. The van der Waals surface area contributed by atoms with Crippen molar-refractivity contribution in [2.24, 2.45) is 0 Å². The van der Waals surface area contributed by atoms with Gasteiger partial charge in [-0.05, 0) is 79.3 Å². The number of anilines is 1. The van der Waals surface area contributed by atoms with E-state index < -0.39 is 11.6 Å². The number of ketones is 2. The van der Waals surface area contributed by atoms with Gasteiger partial charge in [-0.3, -0.25) is 9.59 Å². The van der Waals surface area contributed by atoms with Crippen molar-refractivity contribution in [1.82, 2.24) is 0 Å². The molecule has 6 heteroatoms. The van der Waals surface area contributed by atoms with Gasteiger partial charge in [0.15, 0.2) is 17.3 Å². The van der Waals surface area contributed by atoms with Gasteiger partial charge in [-0.2, -0.15) is 0 Å². The molecule has 6 nitrogen and oxygen atoms in total. The first-order valence-electron chi connectivity index (χ1n) is 14.8. The molecule has 1 aliphatic carbocycles. The Morgan fingerprint density at radius 1 is 0.619 bits per heavy atom. The number of nitrogens with two attached hydrogens (primary N) is 1. The summed E-state index contributed by atoms with van der Waals surface area (Å²) < 4.78 is 12.0. The molecule has 4 aromatic carbocycles. The lowest BCUT2D eigenvalue weighted by molar-refractivity contribution is 0.0977. The fraction of sp³-hybridized carbons (Fsp3) is 0.278. The van der Waals surface area contributed by atoms with Crippen molar-refractivity contribution in [2.75, 3.05) is 5.73 Å². The Kier molecular flexibility index (Phi) is 8.91. The number of fused-ring (bicyclic) bond motifs is 2.